The molecule has 0 aliphatic carbocycles. The number of benzene rings is 1. The monoisotopic (exact) mass is 244 g/mol. The molecule has 0 spiro atoms. The van der Waals surface area contributed by atoms with Crippen LogP contribution in [0.4, 0.5) is 4.39 Å². The molecule has 0 radical (unpaired) electrons. The van der Waals surface area contributed by atoms with Gasteiger partial charge in [0, 0.05) is 19.1 Å². The summed E-state index contributed by atoms with van der Waals surface area (Å²) in [4.78, 5) is 11.4. The van der Waals surface area contributed by atoms with E-state index in [1.54, 1.807) is 21.0 Å². The lowest BCUT2D eigenvalue weighted by Gasteiger charge is -2.12. The van der Waals surface area contributed by atoms with E-state index in [4.69, 9.17) is 11.6 Å². The van der Waals surface area contributed by atoms with Crippen molar-refractivity contribution < 1.29 is 9.18 Å². The van der Waals surface area contributed by atoms with Gasteiger partial charge < -0.3 is 0 Å². The van der Waals surface area contributed by atoms with Gasteiger partial charge in [0.1, 0.15) is 5.82 Å². The molecular weight excluding hydrogens is 231 g/mol. The second kappa shape index (κ2) is 5.27. The van der Waals surface area contributed by atoms with Crippen molar-refractivity contribution in [1.82, 2.24) is 10.4 Å². The molecule has 1 aromatic rings. The van der Waals surface area contributed by atoms with E-state index >= 15 is 0 Å². The van der Waals surface area contributed by atoms with Gasteiger partial charge in [0.15, 0.2) is 0 Å². The Morgan fingerprint density at radius 2 is 2.12 bits per heavy atom. The third-order valence-corrected chi connectivity index (χ3v) is 2.38. The molecule has 3 nitrogen and oxygen atoms in total. The van der Waals surface area contributed by atoms with Gasteiger partial charge in [-0.05, 0) is 30.2 Å². The summed E-state index contributed by atoms with van der Waals surface area (Å²) in [5, 5.41) is 1.94. The van der Waals surface area contributed by atoms with Gasteiger partial charge in [0.2, 0.25) is 5.91 Å². The van der Waals surface area contributed by atoms with Gasteiger partial charge in [-0.15, -0.1) is 0 Å². The fraction of sp³-hybridized carbons (Fsp3) is 0.364. The normalized spacial score (nSPS) is 10.6. The lowest BCUT2D eigenvalue weighted by molar-refractivity contribution is -0.124. The minimum atomic E-state index is -0.350. The number of amides is 1. The number of hydrazine groups is 1. The van der Waals surface area contributed by atoms with E-state index in [2.05, 4.69) is 5.43 Å². The molecule has 16 heavy (non-hydrogen) atoms. The van der Waals surface area contributed by atoms with Crippen molar-refractivity contribution in [1.29, 1.82) is 0 Å². The van der Waals surface area contributed by atoms with Crippen LogP contribution < -0.4 is 5.43 Å². The number of carbonyl (C=O) groups excluding carboxylic acids is 1. The van der Waals surface area contributed by atoms with E-state index in [0.29, 0.717) is 16.1 Å². The van der Waals surface area contributed by atoms with Crippen molar-refractivity contribution in [3.63, 3.8) is 0 Å². The molecule has 1 N–H and O–H groups in total. The van der Waals surface area contributed by atoms with Gasteiger partial charge in [-0.1, -0.05) is 11.6 Å². The summed E-state index contributed by atoms with van der Waals surface area (Å²) in [5.41, 5.74) is 3.53. The maximum atomic E-state index is 13.3. The van der Waals surface area contributed by atoms with E-state index in [1.807, 2.05) is 0 Å². The van der Waals surface area contributed by atoms with Crippen LogP contribution in [0.5, 0.6) is 0 Å². The summed E-state index contributed by atoms with van der Waals surface area (Å²) >= 11 is 5.92. The van der Waals surface area contributed by atoms with E-state index in [-0.39, 0.29) is 18.1 Å². The van der Waals surface area contributed by atoms with Gasteiger partial charge in [0.25, 0.3) is 0 Å². The van der Waals surface area contributed by atoms with Crippen LogP contribution in [-0.2, 0) is 11.2 Å². The van der Waals surface area contributed by atoms with Gasteiger partial charge >= 0.3 is 0 Å². The number of nitrogens with one attached hydrogen (secondary N) is 1. The van der Waals surface area contributed by atoms with Crippen molar-refractivity contribution in [2.24, 2.45) is 0 Å². The SMILES string of the molecule is Cc1cc(Cl)c(CC(=O)NN(C)C)cc1F. The zero-order valence-corrected chi connectivity index (χ0v) is 10.2. The number of aryl methyl sites for hydroxylation is 1. The quantitative estimate of drug-likeness (QED) is 0.824. The van der Waals surface area contributed by atoms with Crippen molar-refractivity contribution in [2.45, 2.75) is 13.3 Å². The first-order valence-electron chi connectivity index (χ1n) is 4.81. The first-order valence-corrected chi connectivity index (χ1v) is 5.19. The van der Waals surface area contributed by atoms with Gasteiger partial charge in [-0.25, -0.2) is 9.40 Å². The van der Waals surface area contributed by atoms with Gasteiger partial charge in [-0.3, -0.25) is 10.2 Å². The first kappa shape index (κ1) is 12.9. The molecule has 1 amide bonds. The Labute approximate surface area is 99.2 Å². The van der Waals surface area contributed by atoms with Crippen LogP contribution in [0.2, 0.25) is 5.02 Å². The van der Waals surface area contributed by atoms with Crippen LogP contribution in [0.15, 0.2) is 12.1 Å². The van der Waals surface area contributed by atoms with Crippen LogP contribution in [0.3, 0.4) is 0 Å². The Morgan fingerprint density at radius 3 is 2.69 bits per heavy atom. The van der Waals surface area contributed by atoms with E-state index < -0.39 is 0 Å². The van der Waals surface area contributed by atoms with E-state index in [0.717, 1.165) is 0 Å². The molecular formula is C11H14ClFN2O. The highest BCUT2D eigenvalue weighted by Gasteiger charge is 2.10. The highest BCUT2D eigenvalue weighted by atomic mass is 35.5. The Hall–Kier alpha value is -1.13. The zero-order valence-electron chi connectivity index (χ0n) is 9.47. The number of hydrogen-bond acceptors (Lipinski definition) is 2. The number of rotatable bonds is 3. The molecule has 0 unspecified atom stereocenters. The van der Waals surface area contributed by atoms with Crippen LogP contribution in [0.25, 0.3) is 0 Å². The van der Waals surface area contributed by atoms with Crippen molar-refractivity contribution in [2.75, 3.05) is 14.1 Å². The summed E-state index contributed by atoms with van der Waals surface area (Å²) in [5.74, 6) is -0.577. The summed E-state index contributed by atoms with van der Waals surface area (Å²) in [6.45, 7) is 1.63. The highest BCUT2D eigenvalue weighted by molar-refractivity contribution is 6.31. The highest BCUT2D eigenvalue weighted by Crippen LogP contribution is 2.20. The van der Waals surface area contributed by atoms with Crippen LogP contribution in [-0.4, -0.2) is 25.0 Å². The summed E-state index contributed by atoms with van der Waals surface area (Å²) in [6, 6.07) is 2.82. The topological polar surface area (TPSA) is 32.3 Å². The molecule has 1 aromatic carbocycles. The maximum absolute atomic E-state index is 13.3. The van der Waals surface area contributed by atoms with Gasteiger partial charge in [0.05, 0.1) is 6.42 Å². The van der Waals surface area contributed by atoms with Crippen molar-refractivity contribution >= 4 is 17.5 Å². The molecule has 0 heterocycles. The Kier molecular flexibility index (Phi) is 4.26. The Bertz CT molecular complexity index is 407. The number of nitrogens with zero attached hydrogens (tertiary/aromatic N) is 1. The molecule has 1 rings (SSSR count). The average Bonchev–Trinajstić information content (AvgIpc) is 2.12. The molecule has 0 saturated heterocycles. The van der Waals surface area contributed by atoms with Crippen LogP contribution in [0.1, 0.15) is 11.1 Å². The first-order chi connectivity index (χ1) is 7.40. The fourth-order valence-electron chi connectivity index (χ4n) is 1.28. The molecule has 0 aliphatic rings. The minimum absolute atomic E-state index is 0.0637. The van der Waals surface area contributed by atoms with E-state index in [1.165, 1.54) is 17.1 Å². The molecule has 0 bridgehead atoms. The fourth-order valence-corrected chi connectivity index (χ4v) is 1.57. The molecule has 0 atom stereocenters. The second-order valence-electron chi connectivity index (χ2n) is 3.80. The minimum Gasteiger partial charge on any atom is -0.289 e. The molecule has 5 heteroatoms. The van der Waals surface area contributed by atoms with Crippen molar-refractivity contribution in [3.05, 3.63) is 34.1 Å². The smallest absolute Gasteiger partial charge is 0.238 e. The summed E-state index contributed by atoms with van der Waals surface area (Å²) < 4.78 is 13.3. The number of hydrogen-bond donors (Lipinski definition) is 1. The Balaban J connectivity index is 2.81. The molecule has 88 valence electrons. The predicted molar refractivity (Wildman–Crippen MR) is 61.7 cm³/mol. The number of carbonyl (C=O) groups is 1. The van der Waals surface area contributed by atoms with Crippen LogP contribution >= 0.6 is 11.6 Å². The molecule has 0 saturated carbocycles. The van der Waals surface area contributed by atoms with Crippen molar-refractivity contribution in [3.8, 4) is 0 Å². The summed E-state index contributed by atoms with van der Waals surface area (Å²) in [6.07, 6.45) is 0.0637. The molecule has 0 aliphatic heterocycles. The average molecular weight is 245 g/mol. The van der Waals surface area contributed by atoms with Crippen LogP contribution in [0, 0.1) is 12.7 Å². The zero-order chi connectivity index (χ0) is 12.3. The maximum Gasteiger partial charge on any atom is 0.238 e. The Morgan fingerprint density at radius 1 is 1.50 bits per heavy atom. The summed E-state index contributed by atoms with van der Waals surface area (Å²) in [7, 11) is 3.41. The second-order valence-corrected chi connectivity index (χ2v) is 4.21. The standard InChI is InChI=1S/C11H14ClFN2O/c1-7-4-9(12)8(5-10(7)13)6-11(16)14-15(2)3/h4-5H,6H2,1-3H3,(H,14,16). The molecule has 0 aromatic heterocycles. The molecule has 0 fully saturated rings. The predicted octanol–water partition coefficient (Wildman–Crippen LogP) is 1.92. The van der Waals surface area contributed by atoms with Gasteiger partial charge in [-0.2, -0.15) is 0 Å². The lowest BCUT2D eigenvalue weighted by atomic mass is 10.1. The largest absolute Gasteiger partial charge is 0.289 e. The third-order valence-electron chi connectivity index (χ3n) is 2.03. The lowest BCUT2D eigenvalue weighted by Crippen LogP contribution is -2.37. The third kappa shape index (κ3) is 3.47. The van der Waals surface area contributed by atoms with E-state index in [9.17, 15) is 9.18 Å². The number of halogens is 2.